The van der Waals surface area contributed by atoms with E-state index in [9.17, 15) is 4.79 Å². The molecule has 0 aliphatic rings. The number of pyridine rings is 1. The Hall–Kier alpha value is -1.58. The Morgan fingerprint density at radius 3 is 2.85 bits per heavy atom. The summed E-state index contributed by atoms with van der Waals surface area (Å²) in [7, 11) is 0. The molecule has 4 heteroatoms. The first-order valence-electron chi connectivity index (χ1n) is 4.06. The second kappa shape index (κ2) is 3.89. The minimum atomic E-state index is -1.08. The molecule has 0 unspecified atom stereocenters. The van der Waals surface area contributed by atoms with Crippen LogP contribution in [-0.4, -0.2) is 16.2 Å². The first-order chi connectivity index (χ1) is 6.11. The van der Waals surface area contributed by atoms with Gasteiger partial charge in [0, 0.05) is 6.20 Å². The Bertz CT molecular complexity index is 310. The summed E-state index contributed by atoms with van der Waals surface area (Å²) < 4.78 is 0. The number of hydrogen-bond acceptors (Lipinski definition) is 2. The van der Waals surface area contributed by atoms with Crippen LogP contribution in [0, 0.1) is 0 Å². The number of nitrogens with zero attached hydrogens (tertiary/aromatic N) is 1. The zero-order valence-corrected chi connectivity index (χ0v) is 7.61. The number of amides is 1. The third-order valence-electron chi connectivity index (χ3n) is 1.69. The Balaban J connectivity index is 2.97. The lowest BCUT2D eigenvalue weighted by Gasteiger charge is -2.09. The molecular formula is C9H12N2O2. The fourth-order valence-corrected chi connectivity index (χ4v) is 1.09. The molecule has 0 bridgehead atoms. The van der Waals surface area contributed by atoms with Crippen molar-refractivity contribution in [3.8, 4) is 0 Å². The van der Waals surface area contributed by atoms with Crippen molar-refractivity contribution in [1.82, 2.24) is 4.98 Å². The van der Waals surface area contributed by atoms with Crippen LogP contribution in [0.4, 0.5) is 10.6 Å². The van der Waals surface area contributed by atoms with Gasteiger partial charge in [-0.15, -0.1) is 0 Å². The molecule has 0 fully saturated rings. The number of nitrogens with one attached hydrogen (secondary N) is 1. The Kier molecular flexibility index (Phi) is 2.84. The Morgan fingerprint density at radius 1 is 1.62 bits per heavy atom. The van der Waals surface area contributed by atoms with E-state index in [2.05, 4.69) is 10.3 Å². The lowest BCUT2D eigenvalue weighted by molar-refractivity contribution is 0.209. The summed E-state index contributed by atoms with van der Waals surface area (Å²) in [5.74, 6) is 0.681. The molecule has 0 aromatic carbocycles. The highest BCUT2D eigenvalue weighted by Gasteiger charge is 2.08. The first-order valence-corrected chi connectivity index (χ1v) is 4.06. The number of anilines is 1. The van der Waals surface area contributed by atoms with Crippen LogP contribution in [0.2, 0.25) is 0 Å². The van der Waals surface area contributed by atoms with Crippen LogP contribution in [0.15, 0.2) is 18.3 Å². The highest BCUT2D eigenvalue weighted by Crippen LogP contribution is 2.20. The van der Waals surface area contributed by atoms with Crippen LogP contribution in [-0.2, 0) is 0 Å². The van der Waals surface area contributed by atoms with Crippen molar-refractivity contribution in [3.63, 3.8) is 0 Å². The van der Waals surface area contributed by atoms with Crippen LogP contribution < -0.4 is 5.32 Å². The molecule has 0 aliphatic carbocycles. The molecule has 2 N–H and O–H groups in total. The van der Waals surface area contributed by atoms with E-state index in [-0.39, 0.29) is 5.92 Å². The van der Waals surface area contributed by atoms with Crippen LogP contribution in [0.3, 0.4) is 0 Å². The molecule has 1 aromatic rings. The molecule has 0 spiro atoms. The number of hydrogen-bond donors (Lipinski definition) is 2. The van der Waals surface area contributed by atoms with E-state index >= 15 is 0 Å². The standard InChI is InChI=1S/C9H12N2O2/c1-6(2)7-4-3-5-10-8(7)11-9(12)13/h3-6H,1-2H3,(H,10,11)(H,12,13). The summed E-state index contributed by atoms with van der Waals surface area (Å²) in [6.45, 7) is 3.98. The fourth-order valence-electron chi connectivity index (χ4n) is 1.09. The molecular weight excluding hydrogens is 168 g/mol. The maximum atomic E-state index is 10.4. The average Bonchev–Trinajstić information content (AvgIpc) is 2.03. The number of carboxylic acid groups (broad SMARTS) is 1. The number of aromatic nitrogens is 1. The number of rotatable bonds is 2. The molecule has 1 amide bonds. The van der Waals surface area contributed by atoms with Crippen molar-refractivity contribution in [2.24, 2.45) is 0 Å². The van der Waals surface area contributed by atoms with E-state index in [0.29, 0.717) is 5.82 Å². The van der Waals surface area contributed by atoms with Gasteiger partial charge in [0.15, 0.2) is 0 Å². The van der Waals surface area contributed by atoms with Crippen molar-refractivity contribution >= 4 is 11.9 Å². The fraction of sp³-hybridized carbons (Fsp3) is 0.333. The van der Waals surface area contributed by atoms with Crippen LogP contribution in [0.25, 0.3) is 0 Å². The van der Waals surface area contributed by atoms with Gasteiger partial charge in [0.1, 0.15) is 5.82 Å². The van der Waals surface area contributed by atoms with Gasteiger partial charge in [-0.1, -0.05) is 19.9 Å². The zero-order valence-electron chi connectivity index (χ0n) is 7.61. The third-order valence-corrected chi connectivity index (χ3v) is 1.69. The van der Waals surface area contributed by atoms with Gasteiger partial charge in [-0.2, -0.15) is 0 Å². The van der Waals surface area contributed by atoms with Gasteiger partial charge in [0.2, 0.25) is 0 Å². The quantitative estimate of drug-likeness (QED) is 0.734. The minimum Gasteiger partial charge on any atom is -0.465 e. The van der Waals surface area contributed by atoms with Crippen LogP contribution in [0.5, 0.6) is 0 Å². The molecule has 1 aromatic heterocycles. The second-order valence-corrected chi connectivity index (χ2v) is 3.03. The van der Waals surface area contributed by atoms with Gasteiger partial charge in [-0.05, 0) is 17.5 Å². The summed E-state index contributed by atoms with van der Waals surface area (Å²) in [5.41, 5.74) is 0.907. The summed E-state index contributed by atoms with van der Waals surface area (Å²) in [6.07, 6.45) is 0.484. The SMILES string of the molecule is CC(C)c1cccnc1NC(=O)O. The van der Waals surface area contributed by atoms with Crippen molar-refractivity contribution < 1.29 is 9.90 Å². The summed E-state index contributed by atoms with van der Waals surface area (Å²) in [4.78, 5) is 14.3. The molecule has 0 saturated heterocycles. The summed E-state index contributed by atoms with van der Waals surface area (Å²) in [5, 5.41) is 10.8. The third kappa shape index (κ3) is 2.43. The van der Waals surface area contributed by atoms with E-state index in [1.807, 2.05) is 19.9 Å². The average molecular weight is 180 g/mol. The molecule has 0 radical (unpaired) electrons. The van der Waals surface area contributed by atoms with E-state index in [1.54, 1.807) is 12.3 Å². The molecule has 0 aliphatic heterocycles. The first kappa shape index (κ1) is 9.51. The van der Waals surface area contributed by atoms with Gasteiger partial charge in [0.25, 0.3) is 0 Å². The van der Waals surface area contributed by atoms with Gasteiger partial charge in [-0.25, -0.2) is 9.78 Å². The van der Waals surface area contributed by atoms with E-state index < -0.39 is 6.09 Å². The Morgan fingerprint density at radius 2 is 2.31 bits per heavy atom. The zero-order chi connectivity index (χ0) is 9.84. The van der Waals surface area contributed by atoms with Crippen molar-refractivity contribution in [3.05, 3.63) is 23.9 Å². The normalized spacial score (nSPS) is 10.1. The van der Waals surface area contributed by atoms with Gasteiger partial charge < -0.3 is 5.11 Å². The van der Waals surface area contributed by atoms with E-state index in [4.69, 9.17) is 5.11 Å². The smallest absolute Gasteiger partial charge is 0.410 e. The molecule has 1 rings (SSSR count). The lowest BCUT2D eigenvalue weighted by atomic mass is 10.0. The largest absolute Gasteiger partial charge is 0.465 e. The predicted molar refractivity (Wildman–Crippen MR) is 50.0 cm³/mol. The van der Waals surface area contributed by atoms with Gasteiger partial charge >= 0.3 is 6.09 Å². The molecule has 70 valence electrons. The second-order valence-electron chi connectivity index (χ2n) is 3.03. The lowest BCUT2D eigenvalue weighted by Crippen LogP contribution is -2.11. The maximum Gasteiger partial charge on any atom is 0.410 e. The highest BCUT2D eigenvalue weighted by molar-refractivity contribution is 5.82. The Labute approximate surface area is 76.6 Å². The molecule has 0 atom stereocenters. The molecule has 4 nitrogen and oxygen atoms in total. The van der Waals surface area contributed by atoms with Crippen molar-refractivity contribution in [2.75, 3.05) is 5.32 Å². The van der Waals surface area contributed by atoms with Crippen molar-refractivity contribution in [2.45, 2.75) is 19.8 Å². The molecule has 13 heavy (non-hydrogen) atoms. The summed E-state index contributed by atoms with van der Waals surface area (Å²) in [6, 6.07) is 3.66. The molecule has 1 heterocycles. The predicted octanol–water partition coefficient (Wildman–Crippen LogP) is 2.29. The summed E-state index contributed by atoms with van der Waals surface area (Å²) >= 11 is 0. The van der Waals surface area contributed by atoms with Crippen LogP contribution >= 0.6 is 0 Å². The minimum absolute atomic E-state index is 0.260. The monoisotopic (exact) mass is 180 g/mol. The van der Waals surface area contributed by atoms with Gasteiger partial charge in [0.05, 0.1) is 0 Å². The van der Waals surface area contributed by atoms with Crippen LogP contribution in [0.1, 0.15) is 25.3 Å². The highest BCUT2D eigenvalue weighted by atomic mass is 16.4. The number of carbonyl (C=O) groups is 1. The maximum absolute atomic E-state index is 10.4. The van der Waals surface area contributed by atoms with Crippen molar-refractivity contribution in [1.29, 1.82) is 0 Å². The molecule has 0 saturated carbocycles. The van der Waals surface area contributed by atoms with E-state index in [1.165, 1.54) is 0 Å². The van der Waals surface area contributed by atoms with E-state index in [0.717, 1.165) is 5.56 Å². The topological polar surface area (TPSA) is 62.2 Å². The van der Waals surface area contributed by atoms with Gasteiger partial charge in [-0.3, -0.25) is 5.32 Å².